The van der Waals surface area contributed by atoms with Gasteiger partial charge in [-0.25, -0.2) is 0 Å². The molecular formula is C5H7N5. The lowest BCUT2D eigenvalue weighted by Gasteiger charge is -1.77. The fraction of sp³-hybridized carbons (Fsp3) is 0.200. The van der Waals surface area contributed by atoms with Gasteiger partial charge in [0.25, 0.3) is 0 Å². The molecule has 0 aliphatic carbocycles. The van der Waals surface area contributed by atoms with E-state index < -0.39 is 0 Å². The van der Waals surface area contributed by atoms with E-state index in [-0.39, 0.29) is 0 Å². The van der Waals surface area contributed by atoms with E-state index in [9.17, 15) is 0 Å². The van der Waals surface area contributed by atoms with Crippen LogP contribution >= 0.6 is 0 Å². The van der Waals surface area contributed by atoms with Crippen LogP contribution in [0.15, 0.2) is 6.20 Å². The number of anilines is 1. The second-order valence-corrected chi connectivity index (χ2v) is 2.15. The molecule has 0 aliphatic rings. The Kier molecular flexibility index (Phi) is 0.791. The van der Waals surface area contributed by atoms with Gasteiger partial charge >= 0.3 is 0 Å². The third kappa shape index (κ3) is 0.513. The van der Waals surface area contributed by atoms with Crippen molar-refractivity contribution >= 4 is 11.3 Å². The summed E-state index contributed by atoms with van der Waals surface area (Å²) in [6.07, 6.45) is 1.57. The molecule has 0 amide bonds. The molecule has 0 bridgehead atoms. The van der Waals surface area contributed by atoms with Gasteiger partial charge in [0.2, 0.25) is 0 Å². The maximum absolute atomic E-state index is 5.53. The average Bonchev–Trinajstić information content (AvgIpc) is 2.35. The zero-order valence-corrected chi connectivity index (χ0v) is 5.50. The van der Waals surface area contributed by atoms with Gasteiger partial charge in [-0.2, -0.15) is 5.10 Å². The molecule has 2 heterocycles. The van der Waals surface area contributed by atoms with Crippen molar-refractivity contribution in [1.29, 1.82) is 0 Å². The molecule has 0 radical (unpaired) electrons. The summed E-state index contributed by atoms with van der Waals surface area (Å²) in [4.78, 5) is 2.97. The van der Waals surface area contributed by atoms with Crippen molar-refractivity contribution in [2.45, 2.75) is 6.92 Å². The lowest BCUT2D eigenvalue weighted by molar-refractivity contribution is 0.806. The summed E-state index contributed by atoms with van der Waals surface area (Å²) in [5.41, 5.74) is 6.92. The van der Waals surface area contributed by atoms with E-state index in [4.69, 9.17) is 5.73 Å². The number of aromatic nitrogens is 4. The van der Waals surface area contributed by atoms with Crippen LogP contribution in [-0.2, 0) is 0 Å². The molecule has 5 nitrogen and oxygen atoms in total. The third-order valence-electron chi connectivity index (χ3n) is 1.32. The topological polar surface area (TPSA) is 72.0 Å². The fourth-order valence-corrected chi connectivity index (χ4v) is 0.888. The van der Waals surface area contributed by atoms with E-state index in [1.54, 1.807) is 6.20 Å². The third-order valence-corrected chi connectivity index (χ3v) is 1.32. The molecule has 0 fully saturated rings. The highest BCUT2D eigenvalue weighted by Gasteiger charge is 2.02. The van der Waals surface area contributed by atoms with Crippen molar-refractivity contribution in [3.63, 3.8) is 0 Å². The Bertz CT molecular complexity index is 357. The molecule has 2 aromatic heterocycles. The Labute approximate surface area is 56.8 Å². The summed E-state index contributed by atoms with van der Waals surface area (Å²) in [5.74, 6) is 0.815. The molecule has 0 aromatic carbocycles. The number of hydrogen-bond donors (Lipinski definition) is 2. The molecular weight excluding hydrogens is 130 g/mol. The van der Waals surface area contributed by atoms with Crippen molar-refractivity contribution < 1.29 is 0 Å². The first-order valence-corrected chi connectivity index (χ1v) is 2.93. The Morgan fingerprint density at radius 2 is 2.50 bits per heavy atom. The van der Waals surface area contributed by atoms with Crippen LogP contribution in [0.2, 0.25) is 0 Å². The number of nitrogen functional groups attached to an aromatic ring is 1. The first-order chi connectivity index (χ1) is 4.77. The molecule has 2 aromatic rings. The Hall–Kier alpha value is -1.52. The number of aromatic amines is 1. The van der Waals surface area contributed by atoms with E-state index in [2.05, 4.69) is 15.2 Å². The molecule has 0 aliphatic heterocycles. The molecule has 52 valence electrons. The first-order valence-electron chi connectivity index (χ1n) is 2.93. The van der Waals surface area contributed by atoms with E-state index in [1.165, 1.54) is 4.63 Å². The Morgan fingerprint density at radius 3 is 3.20 bits per heavy atom. The highest BCUT2D eigenvalue weighted by atomic mass is 15.5. The van der Waals surface area contributed by atoms with Crippen LogP contribution in [0.5, 0.6) is 0 Å². The predicted octanol–water partition coefficient (Wildman–Crippen LogP) is -0.0520. The van der Waals surface area contributed by atoms with Gasteiger partial charge in [-0.15, -0.1) is 9.73 Å². The number of nitrogens with two attached hydrogens (primary N) is 1. The molecule has 0 atom stereocenters. The standard InChI is InChI=1S/C5H7N5/c1-3-8-5-4(6)2-7-10(5)9-3/h2H,6H2,1H3,(H,8,9). The van der Waals surface area contributed by atoms with Crippen LogP contribution in [0, 0.1) is 6.92 Å². The number of H-pyrrole nitrogens is 1. The maximum atomic E-state index is 5.53. The summed E-state index contributed by atoms with van der Waals surface area (Å²) in [6, 6.07) is 0. The lowest BCUT2D eigenvalue weighted by atomic mass is 10.6. The minimum atomic E-state index is 0.626. The van der Waals surface area contributed by atoms with Crippen LogP contribution in [0.25, 0.3) is 5.65 Å². The van der Waals surface area contributed by atoms with E-state index >= 15 is 0 Å². The van der Waals surface area contributed by atoms with Gasteiger partial charge in [-0.05, 0) is 6.92 Å². The predicted molar refractivity (Wildman–Crippen MR) is 36.5 cm³/mol. The molecule has 0 spiro atoms. The van der Waals surface area contributed by atoms with Gasteiger partial charge < -0.3 is 10.7 Å². The Morgan fingerprint density at radius 1 is 1.70 bits per heavy atom. The van der Waals surface area contributed by atoms with Crippen molar-refractivity contribution in [2.75, 3.05) is 5.73 Å². The molecule has 2 rings (SSSR count). The van der Waals surface area contributed by atoms with Crippen LogP contribution in [0.3, 0.4) is 0 Å². The zero-order valence-electron chi connectivity index (χ0n) is 5.50. The van der Waals surface area contributed by atoms with Gasteiger partial charge in [-0.3, -0.25) is 0 Å². The minimum absolute atomic E-state index is 0.626. The average molecular weight is 137 g/mol. The monoisotopic (exact) mass is 137 g/mol. The lowest BCUT2D eigenvalue weighted by Crippen LogP contribution is -1.84. The van der Waals surface area contributed by atoms with Crippen molar-refractivity contribution in [3.8, 4) is 0 Å². The number of hydrogen-bond acceptors (Lipinski definition) is 3. The maximum Gasteiger partial charge on any atom is 0.178 e. The highest BCUT2D eigenvalue weighted by molar-refractivity contribution is 5.62. The Balaban J connectivity index is 2.90. The first kappa shape index (κ1) is 5.28. The second-order valence-electron chi connectivity index (χ2n) is 2.15. The normalized spacial score (nSPS) is 10.9. The molecule has 0 saturated carbocycles. The van der Waals surface area contributed by atoms with Gasteiger partial charge in [-0.1, -0.05) is 0 Å². The molecule has 0 saturated heterocycles. The van der Waals surface area contributed by atoms with Crippen LogP contribution in [-0.4, -0.2) is 19.8 Å². The quantitative estimate of drug-likeness (QED) is 0.534. The summed E-state index contributed by atoms with van der Waals surface area (Å²) in [5, 5.41) is 7.89. The largest absolute Gasteiger partial charge is 0.394 e. The van der Waals surface area contributed by atoms with Gasteiger partial charge in [0.05, 0.1) is 11.9 Å². The number of nitrogens with one attached hydrogen (secondary N) is 1. The molecule has 10 heavy (non-hydrogen) atoms. The van der Waals surface area contributed by atoms with Crippen molar-refractivity contribution in [1.82, 2.24) is 19.8 Å². The smallest absolute Gasteiger partial charge is 0.178 e. The fourth-order valence-electron chi connectivity index (χ4n) is 0.888. The van der Waals surface area contributed by atoms with Crippen LogP contribution in [0.4, 0.5) is 5.69 Å². The zero-order chi connectivity index (χ0) is 7.14. The van der Waals surface area contributed by atoms with Crippen LogP contribution < -0.4 is 5.73 Å². The SMILES string of the molecule is Cc1nn2ncc(N)c2[nH]1. The van der Waals surface area contributed by atoms with E-state index in [1.807, 2.05) is 6.92 Å². The number of fused-ring (bicyclic) bond motifs is 1. The summed E-state index contributed by atoms with van der Waals surface area (Å²) in [7, 11) is 0. The number of rotatable bonds is 0. The number of aryl methyl sites for hydroxylation is 1. The molecule has 0 unspecified atom stereocenters. The second kappa shape index (κ2) is 1.50. The van der Waals surface area contributed by atoms with Gasteiger partial charge in [0, 0.05) is 0 Å². The van der Waals surface area contributed by atoms with Crippen molar-refractivity contribution in [3.05, 3.63) is 12.0 Å². The molecule has 5 heteroatoms. The van der Waals surface area contributed by atoms with Crippen LogP contribution in [0.1, 0.15) is 5.82 Å². The molecule has 3 N–H and O–H groups in total. The van der Waals surface area contributed by atoms with E-state index in [0.29, 0.717) is 5.69 Å². The number of nitrogens with zero attached hydrogens (tertiary/aromatic N) is 3. The highest BCUT2D eigenvalue weighted by Crippen LogP contribution is 2.07. The summed E-state index contributed by atoms with van der Waals surface area (Å²) < 4.78 is 1.48. The van der Waals surface area contributed by atoms with Crippen molar-refractivity contribution in [2.24, 2.45) is 0 Å². The van der Waals surface area contributed by atoms with E-state index in [0.717, 1.165) is 11.5 Å². The summed E-state index contributed by atoms with van der Waals surface area (Å²) in [6.45, 7) is 1.86. The van der Waals surface area contributed by atoms with Gasteiger partial charge in [0.15, 0.2) is 5.65 Å². The summed E-state index contributed by atoms with van der Waals surface area (Å²) >= 11 is 0. The minimum Gasteiger partial charge on any atom is -0.394 e. The van der Waals surface area contributed by atoms with Gasteiger partial charge in [0.1, 0.15) is 5.82 Å².